The summed E-state index contributed by atoms with van der Waals surface area (Å²) in [7, 11) is 0. The molecule has 0 bridgehead atoms. The van der Waals surface area contributed by atoms with Gasteiger partial charge in [0, 0.05) is 5.54 Å². The molecule has 1 N–H and O–H groups in total. The van der Waals surface area contributed by atoms with E-state index in [0.717, 1.165) is 19.4 Å². The second kappa shape index (κ2) is 3.94. The van der Waals surface area contributed by atoms with Gasteiger partial charge in [-0.15, -0.1) is 0 Å². The monoisotopic (exact) mass is 223 g/mol. The molecule has 16 heavy (non-hydrogen) atoms. The highest BCUT2D eigenvalue weighted by Gasteiger charge is 2.33. The van der Waals surface area contributed by atoms with Crippen LogP contribution in [0.5, 0.6) is 0 Å². The molecule has 88 valence electrons. The van der Waals surface area contributed by atoms with E-state index in [1.54, 1.807) is 0 Å². The third-order valence-electron chi connectivity index (χ3n) is 3.38. The molecule has 2 heterocycles. The maximum atomic E-state index is 10.9. The van der Waals surface area contributed by atoms with Crippen LogP contribution in [-0.2, 0) is 6.54 Å². The molecule has 0 aliphatic carbocycles. The van der Waals surface area contributed by atoms with Gasteiger partial charge in [0.25, 0.3) is 0 Å². The number of likely N-dealkylation sites (tertiary alicyclic amines) is 1. The molecule has 0 aromatic carbocycles. The quantitative estimate of drug-likeness (QED) is 0.854. The van der Waals surface area contributed by atoms with Crippen LogP contribution in [0.1, 0.15) is 42.8 Å². The van der Waals surface area contributed by atoms with Gasteiger partial charge in [-0.3, -0.25) is 4.90 Å². The summed E-state index contributed by atoms with van der Waals surface area (Å²) in [5.41, 5.74) is 0.422. The number of carboxylic acids is 1. The summed E-state index contributed by atoms with van der Waals surface area (Å²) >= 11 is 0. The standard InChI is InChI=1S/C12H17NO3/c1-12(2)5-3-6-13(12)8-10-9(11(14)15)4-7-16-10/h4,7H,3,5-6,8H2,1-2H3,(H,14,15). The second-order valence-electron chi connectivity index (χ2n) is 4.90. The maximum Gasteiger partial charge on any atom is 0.339 e. The van der Waals surface area contributed by atoms with Crippen molar-refractivity contribution in [1.82, 2.24) is 4.90 Å². The van der Waals surface area contributed by atoms with Gasteiger partial charge in [0.1, 0.15) is 11.3 Å². The molecule has 4 heteroatoms. The van der Waals surface area contributed by atoms with Crippen molar-refractivity contribution in [2.45, 2.75) is 38.8 Å². The molecule has 0 saturated carbocycles. The van der Waals surface area contributed by atoms with Gasteiger partial charge in [0.2, 0.25) is 0 Å². The van der Waals surface area contributed by atoms with E-state index in [-0.39, 0.29) is 11.1 Å². The summed E-state index contributed by atoms with van der Waals surface area (Å²) in [6.07, 6.45) is 3.76. The average molecular weight is 223 g/mol. The van der Waals surface area contributed by atoms with Crippen LogP contribution in [0.25, 0.3) is 0 Å². The zero-order chi connectivity index (χ0) is 11.8. The highest BCUT2D eigenvalue weighted by molar-refractivity contribution is 5.88. The van der Waals surface area contributed by atoms with Crippen molar-refractivity contribution in [2.75, 3.05) is 6.54 Å². The van der Waals surface area contributed by atoms with E-state index in [2.05, 4.69) is 18.7 Å². The Morgan fingerprint density at radius 2 is 2.38 bits per heavy atom. The Bertz CT molecular complexity index is 395. The number of carboxylic acid groups (broad SMARTS) is 1. The van der Waals surface area contributed by atoms with E-state index < -0.39 is 5.97 Å². The van der Waals surface area contributed by atoms with Crippen LogP contribution in [0.2, 0.25) is 0 Å². The lowest BCUT2D eigenvalue weighted by Crippen LogP contribution is -2.37. The maximum absolute atomic E-state index is 10.9. The minimum atomic E-state index is -0.916. The number of hydrogen-bond acceptors (Lipinski definition) is 3. The van der Waals surface area contributed by atoms with Crippen LogP contribution < -0.4 is 0 Å². The molecule has 2 rings (SSSR count). The van der Waals surface area contributed by atoms with Crippen LogP contribution in [0.3, 0.4) is 0 Å². The van der Waals surface area contributed by atoms with E-state index >= 15 is 0 Å². The molecule has 0 amide bonds. The largest absolute Gasteiger partial charge is 0.478 e. The Morgan fingerprint density at radius 1 is 1.62 bits per heavy atom. The van der Waals surface area contributed by atoms with E-state index in [1.807, 2.05) is 0 Å². The first-order chi connectivity index (χ1) is 7.50. The van der Waals surface area contributed by atoms with Crippen molar-refractivity contribution in [3.8, 4) is 0 Å². The SMILES string of the molecule is CC1(C)CCCN1Cc1occc1C(=O)O. The van der Waals surface area contributed by atoms with Crippen molar-refractivity contribution in [2.24, 2.45) is 0 Å². The molecule has 1 fully saturated rings. The summed E-state index contributed by atoms with van der Waals surface area (Å²) in [4.78, 5) is 13.2. The fourth-order valence-electron chi connectivity index (χ4n) is 2.28. The fraction of sp³-hybridized carbons (Fsp3) is 0.583. The molecular weight excluding hydrogens is 206 g/mol. The summed E-state index contributed by atoms with van der Waals surface area (Å²) in [5.74, 6) is -0.358. The molecule has 1 saturated heterocycles. The van der Waals surface area contributed by atoms with Crippen LogP contribution in [0.4, 0.5) is 0 Å². The van der Waals surface area contributed by atoms with Crippen molar-refractivity contribution >= 4 is 5.97 Å². The minimum absolute atomic E-state index is 0.141. The van der Waals surface area contributed by atoms with Crippen LogP contribution in [-0.4, -0.2) is 28.1 Å². The van der Waals surface area contributed by atoms with E-state index in [4.69, 9.17) is 9.52 Å². The number of rotatable bonds is 3. The Hall–Kier alpha value is -1.29. The van der Waals surface area contributed by atoms with Gasteiger partial charge in [0.05, 0.1) is 12.8 Å². The second-order valence-corrected chi connectivity index (χ2v) is 4.90. The number of aromatic carboxylic acids is 1. The van der Waals surface area contributed by atoms with Gasteiger partial charge in [-0.25, -0.2) is 4.79 Å². The number of carbonyl (C=O) groups is 1. The van der Waals surface area contributed by atoms with Crippen molar-refractivity contribution in [1.29, 1.82) is 0 Å². The first-order valence-corrected chi connectivity index (χ1v) is 5.55. The van der Waals surface area contributed by atoms with Gasteiger partial charge in [-0.1, -0.05) is 0 Å². The van der Waals surface area contributed by atoms with Crippen LogP contribution >= 0.6 is 0 Å². The predicted octanol–water partition coefficient (Wildman–Crippen LogP) is 2.35. The van der Waals surface area contributed by atoms with Gasteiger partial charge >= 0.3 is 5.97 Å². The molecule has 0 atom stereocenters. The van der Waals surface area contributed by atoms with Crippen molar-refractivity contribution in [3.63, 3.8) is 0 Å². The third-order valence-corrected chi connectivity index (χ3v) is 3.38. The molecule has 1 aliphatic heterocycles. The van der Waals surface area contributed by atoms with Crippen molar-refractivity contribution < 1.29 is 14.3 Å². The average Bonchev–Trinajstić information content (AvgIpc) is 2.74. The van der Waals surface area contributed by atoms with E-state index in [9.17, 15) is 4.79 Å². The molecule has 1 aromatic rings. The summed E-state index contributed by atoms with van der Waals surface area (Å²) in [6.45, 7) is 5.96. The zero-order valence-corrected chi connectivity index (χ0v) is 9.69. The summed E-state index contributed by atoms with van der Waals surface area (Å²) in [6, 6.07) is 1.51. The lowest BCUT2D eigenvalue weighted by molar-refractivity contribution is 0.0690. The highest BCUT2D eigenvalue weighted by Crippen LogP contribution is 2.30. The summed E-state index contributed by atoms with van der Waals surface area (Å²) < 4.78 is 5.26. The topological polar surface area (TPSA) is 53.7 Å². The molecule has 0 radical (unpaired) electrons. The number of nitrogens with zero attached hydrogens (tertiary/aromatic N) is 1. The lowest BCUT2D eigenvalue weighted by Gasteiger charge is -2.30. The van der Waals surface area contributed by atoms with Crippen LogP contribution in [0.15, 0.2) is 16.7 Å². The molecule has 4 nitrogen and oxygen atoms in total. The Kier molecular flexibility index (Phi) is 2.76. The molecule has 0 unspecified atom stereocenters. The summed E-state index contributed by atoms with van der Waals surface area (Å²) in [5, 5.41) is 8.98. The van der Waals surface area contributed by atoms with Gasteiger partial charge in [0.15, 0.2) is 0 Å². The first kappa shape index (κ1) is 11.2. The normalized spacial score (nSPS) is 20.1. The fourth-order valence-corrected chi connectivity index (χ4v) is 2.28. The Balaban J connectivity index is 2.15. The van der Waals surface area contributed by atoms with Gasteiger partial charge < -0.3 is 9.52 Å². The van der Waals surface area contributed by atoms with Crippen molar-refractivity contribution in [3.05, 3.63) is 23.7 Å². The first-order valence-electron chi connectivity index (χ1n) is 5.55. The predicted molar refractivity (Wildman–Crippen MR) is 59.4 cm³/mol. The third kappa shape index (κ3) is 1.97. The smallest absolute Gasteiger partial charge is 0.339 e. The highest BCUT2D eigenvalue weighted by atomic mass is 16.4. The van der Waals surface area contributed by atoms with Gasteiger partial charge in [-0.05, 0) is 39.3 Å². The Morgan fingerprint density at radius 3 is 2.94 bits per heavy atom. The molecule has 1 aliphatic rings. The van der Waals surface area contributed by atoms with Gasteiger partial charge in [-0.2, -0.15) is 0 Å². The van der Waals surface area contributed by atoms with Crippen LogP contribution in [0, 0.1) is 0 Å². The zero-order valence-electron chi connectivity index (χ0n) is 9.69. The Labute approximate surface area is 94.9 Å². The lowest BCUT2D eigenvalue weighted by atomic mass is 10.0. The molecule has 1 aromatic heterocycles. The van der Waals surface area contributed by atoms with E-state index in [1.165, 1.54) is 12.3 Å². The molecule has 0 spiro atoms. The minimum Gasteiger partial charge on any atom is -0.478 e. The number of hydrogen-bond donors (Lipinski definition) is 1. The number of furan rings is 1. The molecular formula is C12H17NO3. The van der Waals surface area contributed by atoms with E-state index in [0.29, 0.717) is 12.3 Å².